The van der Waals surface area contributed by atoms with Crippen LogP contribution in [0.1, 0.15) is 22.6 Å². The van der Waals surface area contributed by atoms with Gasteiger partial charge >= 0.3 is 0 Å². The largest absolute Gasteiger partial charge is 0.497 e. The normalized spacial score (nSPS) is 10.4. The summed E-state index contributed by atoms with van der Waals surface area (Å²) < 4.78 is 10.1. The number of hydrogen-bond acceptors (Lipinski definition) is 4. The van der Waals surface area contributed by atoms with E-state index in [1.54, 1.807) is 14.2 Å². The predicted molar refractivity (Wildman–Crippen MR) is 109 cm³/mol. The molecule has 0 aliphatic carbocycles. The Morgan fingerprint density at radius 3 is 1.68 bits per heavy atom. The van der Waals surface area contributed by atoms with Crippen molar-refractivity contribution in [2.24, 2.45) is 0 Å². The average molecular weight is 370 g/mol. The lowest BCUT2D eigenvalue weighted by molar-refractivity contribution is 0.414. The first-order valence-electron chi connectivity index (χ1n) is 8.80. The highest BCUT2D eigenvalue weighted by atomic mass is 16.5. The van der Waals surface area contributed by atoms with Crippen molar-refractivity contribution < 1.29 is 9.47 Å². The van der Waals surface area contributed by atoms with Gasteiger partial charge in [0.05, 0.1) is 38.7 Å². The molecule has 0 amide bonds. The van der Waals surface area contributed by atoms with E-state index in [-0.39, 0.29) is 5.92 Å². The van der Waals surface area contributed by atoms with Gasteiger partial charge in [-0.05, 0) is 41.0 Å². The number of hydrogen-bond donors (Lipinski definition) is 0. The van der Waals surface area contributed by atoms with E-state index in [2.05, 4.69) is 12.1 Å². The maximum absolute atomic E-state index is 9.28. The monoisotopic (exact) mass is 370 g/mol. The van der Waals surface area contributed by atoms with Crippen molar-refractivity contribution in [3.63, 3.8) is 0 Å². The molecule has 1 atom stereocenters. The van der Waals surface area contributed by atoms with Gasteiger partial charge in [0.25, 0.3) is 0 Å². The van der Waals surface area contributed by atoms with E-state index in [9.17, 15) is 5.26 Å². The average Bonchev–Trinajstić information content (AvgIpc) is 2.77. The minimum absolute atomic E-state index is 0.220. The molecule has 0 aromatic heterocycles. The van der Waals surface area contributed by atoms with Gasteiger partial charge in [-0.25, -0.2) is 0 Å². The van der Waals surface area contributed by atoms with Gasteiger partial charge in [-0.3, -0.25) is 0 Å². The van der Waals surface area contributed by atoms with Crippen LogP contribution in [0.15, 0.2) is 78.9 Å². The minimum Gasteiger partial charge on any atom is -0.497 e. The molecule has 0 bridgehead atoms. The fourth-order valence-electron chi connectivity index (χ4n) is 2.62. The van der Waals surface area contributed by atoms with Crippen LogP contribution in [-0.4, -0.2) is 14.2 Å². The smallest absolute Gasteiger partial charge is 0.118 e. The second-order valence-corrected chi connectivity index (χ2v) is 5.93. The third-order valence-corrected chi connectivity index (χ3v) is 4.15. The molecule has 4 nitrogen and oxygen atoms in total. The van der Waals surface area contributed by atoms with Gasteiger partial charge in [0.1, 0.15) is 11.5 Å². The maximum Gasteiger partial charge on any atom is 0.118 e. The molecule has 1 unspecified atom stereocenters. The number of benzene rings is 3. The lowest BCUT2D eigenvalue weighted by atomic mass is 9.93. The van der Waals surface area contributed by atoms with Crippen molar-refractivity contribution in [2.45, 2.75) is 12.3 Å². The van der Waals surface area contributed by atoms with Gasteiger partial charge in [0.2, 0.25) is 0 Å². The van der Waals surface area contributed by atoms with Crippen LogP contribution in [0.4, 0.5) is 0 Å². The first-order valence-corrected chi connectivity index (χ1v) is 8.80. The van der Waals surface area contributed by atoms with E-state index >= 15 is 0 Å². The Morgan fingerprint density at radius 2 is 1.21 bits per heavy atom. The topological polar surface area (TPSA) is 66.0 Å². The SMILES string of the molecule is COc1ccc(C(C#N)c2ccccc2)cc1.COc1ccc(CC#N)cc1. The second-order valence-electron chi connectivity index (χ2n) is 5.93. The Kier molecular flexibility index (Phi) is 8.12. The molecule has 140 valence electrons. The molecule has 0 radical (unpaired) electrons. The van der Waals surface area contributed by atoms with Crippen LogP contribution in [-0.2, 0) is 6.42 Å². The Balaban J connectivity index is 0.000000221. The molecule has 3 aromatic rings. The van der Waals surface area contributed by atoms with E-state index in [0.29, 0.717) is 6.42 Å². The Morgan fingerprint density at radius 1 is 0.714 bits per heavy atom. The van der Waals surface area contributed by atoms with Crippen LogP contribution >= 0.6 is 0 Å². The zero-order valence-corrected chi connectivity index (χ0v) is 16.0. The number of nitriles is 2. The molecule has 0 fully saturated rings. The van der Waals surface area contributed by atoms with Gasteiger partial charge in [-0.15, -0.1) is 0 Å². The molecule has 3 rings (SSSR count). The lowest BCUT2D eigenvalue weighted by Gasteiger charge is -2.10. The minimum atomic E-state index is -0.220. The highest BCUT2D eigenvalue weighted by molar-refractivity contribution is 5.40. The fraction of sp³-hybridized carbons (Fsp3) is 0.167. The van der Waals surface area contributed by atoms with Crippen molar-refractivity contribution in [1.82, 2.24) is 0 Å². The summed E-state index contributed by atoms with van der Waals surface area (Å²) in [6.07, 6.45) is 0.462. The highest BCUT2D eigenvalue weighted by Crippen LogP contribution is 2.25. The third kappa shape index (κ3) is 5.90. The van der Waals surface area contributed by atoms with E-state index < -0.39 is 0 Å². The fourth-order valence-corrected chi connectivity index (χ4v) is 2.62. The number of nitrogens with zero attached hydrogens (tertiary/aromatic N) is 2. The molecule has 0 aliphatic rings. The summed E-state index contributed by atoms with van der Waals surface area (Å²) in [7, 11) is 3.26. The summed E-state index contributed by atoms with van der Waals surface area (Å²) in [5.41, 5.74) is 3.02. The summed E-state index contributed by atoms with van der Waals surface area (Å²) in [6.45, 7) is 0. The lowest BCUT2D eigenvalue weighted by Crippen LogP contribution is -1.97. The van der Waals surface area contributed by atoms with Crippen LogP contribution in [0.3, 0.4) is 0 Å². The molecular weight excluding hydrogens is 348 g/mol. The molecule has 3 aromatic carbocycles. The molecule has 0 aliphatic heterocycles. The maximum atomic E-state index is 9.28. The standard InChI is InChI=1S/C15H13NO.C9H9NO/c1-17-14-9-7-13(8-10-14)15(11-16)12-5-3-2-4-6-12;1-11-9-4-2-8(3-5-9)6-7-10/h2-10,15H,1H3;2-5H,6H2,1H3. The summed E-state index contributed by atoms with van der Waals surface area (Å²) in [5.74, 6) is 1.41. The quantitative estimate of drug-likeness (QED) is 0.626. The molecule has 4 heteroatoms. The van der Waals surface area contributed by atoms with Crippen LogP contribution in [0.2, 0.25) is 0 Å². The molecule has 0 N–H and O–H groups in total. The molecule has 0 saturated heterocycles. The first kappa shape index (κ1) is 20.6. The Labute approximate surface area is 166 Å². The van der Waals surface area contributed by atoms with E-state index in [1.165, 1.54) is 0 Å². The van der Waals surface area contributed by atoms with Crippen LogP contribution < -0.4 is 9.47 Å². The first-order chi connectivity index (χ1) is 13.7. The molecule has 0 saturated carbocycles. The molecular formula is C24H22N2O2. The van der Waals surface area contributed by atoms with Gasteiger partial charge < -0.3 is 9.47 Å². The van der Waals surface area contributed by atoms with Gasteiger partial charge in [-0.2, -0.15) is 10.5 Å². The Bertz CT molecular complexity index is 922. The van der Waals surface area contributed by atoms with Gasteiger partial charge in [-0.1, -0.05) is 54.6 Å². The summed E-state index contributed by atoms with van der Waals surface area (Å²) in [4.78, 5) is 0. The third-order valence-electron chi connectivity index (χ3n) is 4.15. The van der Waals surface area contributed by atoms with Crippen molar-refractivity contribution in [3.05, 3.63) is 95.6 Å². The molecule has 0 heterocycles. The highest BCUT2D eigenvalue weighted by Gasteiger charge is 2.12. The van der Waals surface area contributed by atoms with Crippen molar-refractivity contribution >= 4 is 0 Å². The zero-order chi connectivity index (χ0) is 20.2. The van der Waals surface area contributed by atoms with Crippen LogP contribution in [0, 0.1) is 22.7 Å². The van der Waals surface area contributed by atoms with Gasteiger partial charge in [0.15, 0.2) is 0 Å². The summed E-state index contributed by atoms with van der Waals surface area (Å²) in [5, 5.41) is 17.6. The summed E-state index contributed by atoms with van der Waals surface area (Å²) in [6, 6.07) is 29.3. The number of methoxy groups -OCH3 is 2. The van der Waals surface area contributed by atoms with Crippen molar-refractivity contribution in [2.75, 3.05) is 14.2 Å². The zero-order valence-electron chi connectivity index (χ0n) is 16.0. The predicted octanol–water partition coefficient (Wildman–Crippen LogP) is 5.11. The summed E-state index contributed by atoms with van der Waals surface area (Å²) >= 11 is 0. The Hall–Kier alpha value is -3.76. The number of ether oxygens (including phenoxy) is 2. The van der Waals surface area contributed by atoms with Gasteiger partial charge in [0, 0.05) is 0 Å². The van der Waals surface area contributed by atoms with Crippen molar-refractivity contribution in [3.8, 4) is 23.6 Å². The van der Waals surface area contributed by atoms with E-state index in [1.807, 2.05) is 78.9 Å². The van der Waals surface area contributed by atoms with Crippen LogP contribution in [0.5, 0.6) is 11.5 Å². The second kappa shape index (κ2) is 11.1. The van der Waals surface area contributed by atoms with Crippen LogP contribution in [0.25, 0.3) is 0 Å². The van der Waals surface area contributed by atoms with Crippen molar-refractivity contribution in [1.29, 1.82) is 10.5 Å². The molecule has 0 spiro atoms. The van der Waals surface area contributed by atoms with E-state index in [4.69, 9.17) is 14.7 Å². The number of rotatable bonds is 5. The molecule has 28 heavy (non-hydrogen) atoms. The van der Waals surface area contributed by atoms with E-state index in [0.717, 1.165) is 28.2 Å².